The average molecular weight is 541 g/mol. The second-order valence-corrected chi connectivity index (χ2v) is 8.98. The van der Waals surface area contributed by atoms with E-state index in [4.69, 9.17) is 14.2 Å². The van der Waals surface area contributed by atoms with Crippen LogP contribution in [-0.2, 0) is 11.2 Å². The Hall–Kier alpha value is -3.24. The first kappa shape index (κ1) is 29.3. The number of nitrogens with zero attached hydrogens (tertiary/aromatic N) is 2. The van der Waals surface area contributed by atoms with Gasteiger partial charge in [0.15, 0.2) is 17.3 Å². The van der Waals surface area contributed by atoms with Crippen molar-refractivity contribution >= 4 is 40.1 Å². The molecule has 10 heteroatoms. The van der Waals surface area contributed by atoms with Crippen LogP contribution in [0.3, 0.4) is 0 Å². The fourth-order valence-electron chi connectivity index (χ4n) is 4.13. The number of aromatic nitrogens is 2. The molecule has 0 aliphatic rings. The molecule has 0 spiro atoms. The molecule has 0 N–H and O–H groups in total. The van der Waals surface area contributed by atoms with Gasteiger partial charge in [0.1, 0.15) is 11.0 Å². The van der Waals surface area contributed by atoms with Crippen molar-refractivity contribution in [2.75, 3.05) is 21.3 Å². The summed E-state index contributed by atoms with van der Waals surface area (Å²) in [5.74, 6) is -0.726. The zero-order chi connectivity index (χ0) is 26.7. The minimum Gasteiger partial charge on any atom is -0.545 e. The Morgan fingerprint density at radius 1 is 0.816 bits per heavy atom. The number of Topliss-reactive ketones (excluding diaryl/α,β-unsaturated/α-hetero) is 1. The van der Waals surface area contributed by atoms with E-state index in [1.165, 1.54) is 21.3 Å². The number of aryl methyl sites for hydroxylation is 2. The summed E-state index contributed by atoms with van der Waals surface area (Å²) in [7, 11) is 4.47. The van der Waals surface area contributed by atoms with Gasteiger partial charge >= 0.3 is 29.6 Å². The maximum Gasteiger partial charge on any atom is 1.00 e. The molecule has 0 saturated carbocycles. The maximum atomic E-state index is 13.9. The monoisotopic (exact) mass is 540 g/mol. The van der Waals surface area contributed by atoms with Crippen LogP contribution in [0.25, 0.3) is 16.6 Å². The van der Waals surface area contributed by atoms with Crippen LogP contribution < -0.4 is 48.9 Å². The van der Waals surface area contributed by atoms with Gasteiger partial charge in [0.05, 0.1) is 39.0 Å². The Kier molecular flexibility index (Phi) is 9.67. The summed E-state index contributed by atoms with van der Waals surface area (Å²) < 4.78 is 24.7. The van der Waals surface area contributed by atoms with Crippen molar-refractivity contribution in [3.63, 3.8) is 0 Å². The fourth-order valence-corrected chi connectivity index (χ4v) is 4.65. The fraction of sp³-hybridized carbons (Fsp3) is 0.214. The van der Waals surface area contributed by atoms with Crippen LogP contribution in [0.1, 0.15) is 32.6 Å². The molecule has 0 aliphatic heterocycles. The van der Waals surface area contributed by atoms with Crippen LogP contribution in [0.4, 0.5) is 0 Å². The second kappa shape index (κ2) is 12.5. The third kappa shape index (κ3) is 5.91. The summed E-state index contributed by atoms with van der Waals surface area (Å²) in [4.78, 5) is 26.5. The summed E-state index contributed by atoms with van der Waals surface area (Å²) in [5, 5.41) is 12.6. The Balaban J connectivity index is 0.00000400. The van der Waals surface area contributed by atoms with Gasteiger partial charge in [-0.05, 0) is 66.4 Å². The van der Waals surface area contributed by atoms with Gasteiger partial charge in [-0.15, -0.1) is 0 Å². The van der Waals surface area contributed by atoms with Gasteiger partial charge in [-0.1, -0.05) is 18.2 Å². The quantitative estimate of drug-likeness (QED) is 0.176. The van der Waals surface area contributed by atoms with E-state index in [1.807, 2.05) is 19.9 Å². The van der Waals surface area contributed by atoms with Crippen molar-refractivity contribution in [1.29, 1.82) is 0 Å². The smallest absolute Gasteiger partial charge is 0.545 e. The predicted octanol–water partition coefficient (Wildman–Crippen LogP) is 0.967. The molecule has 4 rings (SSSR count). The number of carboxylic acid groups (broad SMARTS) is 1. The summed E-state index contributed by atoms with van der Waals surface area (Å²) >= 11 is 1.02. The summed E-state index contributed by atoms with van der Waals surface area (Å²) in [6.45, 7) is 3.84. The topological polar surface area (TPSA) is 111 Å². The van der Waals surface area contributed by atoms with E-state index >= 15 is 0 Å². The van der Waals surface area contributed by atoms with E-state index in [9.17, 15) is 14.7 Å². The SMILES string of the molecule is COc1cc(C/C(C(=O)c2ccc(C)c(C)c2)=C(\C(=O)[O-])c2ccc3nsnc3c2)cc(OC)c1OC.[Na+]. The molecule has 1 aromatic heterocycles. The van der Waals surface area contributed by atoms with Gasteiger partial charge in [-0.3, -0.25) is 4.79 Å². The van der Waals surface area contributed by atoms with Crippen LogP contribution in [0, 0.1) is 13.8 Å². The molecule has 0 atom stereocenters. The number of hydrogen-bond acceptors (Lipinski definition) is 9. The number of carboxylic acids is 1. The van der Waals surface area contributed by atoms with Gasteiger partial charge in [0.25, 0.3) is 0 Å². The first-order valence-corrected chi connectivity index (χ1v) is 12.1. The van der Waals surface area contributed by atoms with E-state index in [-0.39, 0.29) is 47.1 Å². The molecule has 0 unspecified atom stereocenters. The van der Waals surface area contributed by atoms with E-state index in [0.717, 1.165) is 22.9 Å². The molecule has 0 radical (unpaired) electrons. The Morgan fingerprint density at radius 3 is 2.03 bits per heavy atom. The number of methoxy groups -OCH3 is 3. The number of carbonyl (C=O) groups is 2. The molecule has 8 nitrogen and oxygen atoms in total. The minimum absolute atomic E-state index is 0. The van der Waals surface area contributed by atoms with Gasteiger partial charge in [-0.2, -0.15) is 8.75 Å². The first-order chi connectivity index (χ1) is 17.8. The molecule has 0 aliphatic carbocycles. The number of fused-ring (bicyclic) bond motifs is 1. The van der Waals surface area contributed by atoms with Crippen LogP contribution >= 0.6 is 11.7 Å². The molecule has 0 fully saturated rings. The van der Waals surface area contributed by atoms with Gasteiger partial charge in [0.2, 0.25) is 5.75 Å². The number of hydrogen-bond donors (Lipinski definition) is 0. The molecule has 4 aromatic rings. The Morgan fingerprint density at radius 2 is 1.45 bits per heavy atom. The molecule has 1 heterocycles. The third-order valence-corrected chi connectivity index (χ3v) is 6.75. The van der Waals surface area contributed by atoms with Crippen LogP contribution in [-0.4, -0.2) is 41.8 Å². The summed E-state index contributed by atoms with van der Waals surface area (Å²) in [6.07, 6.45) is -0.0286. The molecule has 0 saturated heterocycles. The number of aliphatic carboxylic acids is 1. The van der Waals surface area contributed by atoms with Crippen LogP contribution in [0.2, 0.25) is 0 Å². The Bertz CT molecular complexity index is 1520. The average Bonchev–Trinajstić information content (AvgIpc) is 3.36. The standard InChI is InChI=1S/C28H26N2O6S.Na/c1-15-6-7-19(10-16(15)2)26(31)20(11-17-12-23(34-3)27(36-5)24(13-17)35-4)25(28(32)33)18-8-9-21-22(14-18)30-37-29-21;/h6-10,12-14H,11H2,1-5H3,(H,32,33);/q;+1/p-1/b25-20+;. The maximum absolute atomic E-state index is 13.9. The molecule has 190 valence electrons. The molecule has 3 aromatic carbocycles. The first-order valence-electron chi connectivity index (χ1n) is 11.3. The van der Waals surface area contributed by atoms with Gasteiger partial charge < -0.3 is 24.1 Å². The number of rotatable bonds is 9. The third-order valence-electron chi connectivity index (χ3n) is 6.20. The molecule has 0 amide bonds. The van der Waals surface area contributed by atoms with Crippen molar-refractivity contribution in [3.05, 3.63) is 81.9 Å². The van der Waals surface area contributed by atoms with E-state index in [1.54, 1.807) is 42.5 Å². The number of ketones is 1. The summed E-state index contributed by atoms with van der Waals surface area (Å²) in [6, 6.07) is 13.6. The van der Waals surface area contributed by atoms with Crippen molar-refractivity contribution in [2.24, 2.45) is 0 Å². The normalized spacial score (nSPS) is 11.4. The van der Waals surface area contributed by atoms with Crippen molar-refractivity contribution in [3.8, 4) is 17.2 Å². The predicted molar refractivity (Wildman–Crippen MR) is 139 cm³/mol. The van der Waals surface area contributed by atoms with Crippen molar-refractivity contribution in [1.82, 2.24) is 8.75 Å². The van der Waals surface area contributed by atoms with E-state index in [0.29, 0.717) is 45.0 Å². The number of benzene rings is 3. The molecule has 38 heavy (non-hydrogen) atoms. The van der Waals surface area contributed by atoms with Crippen LogP contribution in [0.5, 0.6) is 17.2 Å². The molecule has 0 bridgehead atoms. The zero-order valence-electron chi connectivity index (χ0n) is 22.1. The molecular weight excluding hydrogens is 515 g/mol. The van der Waals surface area contributed by atoms with Crippen LogP contribution in [0.15, 0.2) is 54.1 Å². The van der Waals surface area contributed by atoms with Crippen molar-refractivity contribution in [2.45, 2.75) is 20.3 Å². The number of ether oxygens (including phenoxy) is 3. The Labute approximate surface area is 246 Å². The van der Waals surface area contributed by atoms with Crippen molar-refractivity contribution < 1.29 is 58.5 Å². The second-order valence-electron chi connectivity index (χ2n) is 8.45. The van der Waals surface area contributed by atoms with Gasteiger partial charge in [0, 0.05) is 23.1 Å². The minimum atomic E-state index is -1.47. The van der Waals surface area contributed by atoms with E-state index < -0.39 is 11.8 Å². The molecular formula is C28H25N2NaO6S. The van der Waals surface area contributed by atoms with Gasteiger partial charge in [-0.25, -0.2) is 0 Å². The largest absolute Gasteiger partial charge is 1.00 e. The van der Waals surface area contributed by atoms with E-state index in [2.05, 4.69) is 8.75 Å². The number of allylic oxidation sites excluding steroid dienone is 1. The zero-order valence-corrected chi connectivity index (χ0v) is 24.9. The summed E-state index contributed by atoms with van der Waals surface area (Å²) in [5.41, 5.74) is 4.23. The number of carbonyl (C=O) groups excluding carboxylic acids is 2.